The molecule has 5 nitrogen and oxygen atoms in total. The zero-order chi connectivity index (χ0) is 13.1. The first-order valence-corrected chi connectivity index (χ1v) is 7.78. The lowest BCUT2D eigenvalue weighted by atomic mass is 9.96. The maximum atomic E-state index is 11.3. The average molecular weight is 263 g/mol. The Morgan fingerprint density at radius 2 is 1.82 bits per heavy atom. The monoisotopic (exact) mass is 263 g/mol. The van der Waals surface area contributed by atoms with E-state index in [2.05, 4.69) is 0 Å². The quantitative estimate of drug-likeness (QED) is 0.780. The third-order valence-corrected chi connectivity index (χ3v) is 4.63. The minimum Gasteiger partial charge on any atom is -0.481 e. The number of rotatable bonds is 5. The molecule has 1 saturated heterocycles. The number of carboxylic acids is 1. The van der Waals surface area contributed by atoms with Crippen LogP contribution in [0.2, 0.25) is 0 Å². The fourth-order valence-corrected chi connectivity index (χ4v) is 3.34. The second-order valence-electron chi connectivity index (χ2n) is 5.12. The lowest BCUT2D eigenvalue weighted by Crippen LogP contribution is -2.44. The Labute approximate surface area is 103 Å². The van der Waals surface area contributed by atoms with Crippen molar-refractivity contribution in [3.63, 3.8) is 0 Å². The molecule has 0 bridgehead atoms. The summed E-state index contributed by atoms with van der Waals surface area (Å²) in [5.74, 6) is -0.533. The van der Waals surface area contributed by atoms with Crippen molar-refractivity contribution in [1.29, 1.82) is 0 Å². The number of hydrogen-bond acceptors (Lipinski definition) is 4. The van der Waals surface area contributed by atoms with Gasteiger partial charge in [0.2, 0.25) is 0 Å². The Balaban J connectivity index is 2.49. The van der Waals surface area contributed by atoms with Gasteiger partial charge in [-0.3, -0.25) is 4.79 Å². The molecule has 1 rings (SSSR count). The van der Waals surface area contributed by atoms with Gasteiger partial charge in [-0.2, -0.15) is 0 Å². The van der Waals surface area contributed by atoms with Crippen molar-refractivity contribution in [3.05, 3.63) is 0 Å². The highest BCUT2D eigenvalue weighted by atomic mass is 32.2. The first-order valence-electron chi connectivity index (χ1n) is 5.96. The summed E-state index contributed by atoms with van der Waals surface area (Å²) in [5.41, 5.74) is 0. The van der Waals surface area contributed by atoms with Crippen LogP contribution in [0.4, 0.5) is 0 Å². The van der Waals surface area contributed by atoms with E-state index >= 15 is 0 Å². The molecule has 1 aliphatic heterocycles. The summed E-state index contributed by atoms with van der Waals surface area (Å²) >= 11 is 0. The van der Waals surface area contributed by atoms with Crippen LogP contribution in [-0.2, 0) is 14.6 Å². The molecule has 0 saturated carbocycles. The second-order valence-corrected chi connectivity index (χ2v) is 7.42. The number of hydrogen-bond donors (Lipinski definition) is 1. The first kappa shape index (κ1) is 14.4. The predicted octanol–water partition coefficient (Wildman–Crippen LogP) is 0.464. The molecule has 0 aromatic heterocycles. The molecule has 6 heteroatoms. The highest BCUT2D eigenvalue weighted by molar-refractivity contribution is 7.91. The van der Waals surface area contributed by atoms with Crippen molar-refractivity contribution in [2.45, 2.75) is 20.3 Å². The van der Waals surface area contributed by atoms with Crippen LogP contribution in [0, 0.1) is 11.8 Å². The van der Waals surface area contributed by atoms with Crippen molar-refractivity contribution in [2.24, 2.45) is 11.8 Å². The van der Waals surface area contributed by atoms with E-state index in [1.54, 1.807) is 0 Å². The molecule has 0 radical (unpaired) electrons. The molecule has 1 unspecified atom stereocenters. The van der Waals surface area contributed by atoms with Crippen molar-refractivity contribution in [1.82, 2.24) is 4.90 Å². The van der Waals surface area contributed by atoms with Gasteiger partial charge in [0, 0.05) is 19.6 Å². The summed E-state index contributed by atoms with van der Waals surface area (Å²) in [4.78, 5) is 13.0. The van der Waals surface area contributed by atoms with Crippen molar-refractivity contribution < 1.29 is 18.3 Å². The number of aliphatic carboxylic acids is 1. The summed E-state index contributed by atoms with van der Waals surface area (Å²) in [6.07, 6.45) is 0.637. The largest absolute Gasteiger partial charge is 0.481 e. The van der Waals surface area contributed by atoms with Gasteiger partial charge in [-0.05, 0) is 12.3 Å². The topological polar surface area (TPSA) is 74.7 Å². The van der Waals surface area contributed by atoms with E-state index in [1.165, 1.54) is 0 Å². The molecule has 17 heavy (non-hydrogen) atoms. The van der Waals surface area contributed by atoms with Gasteiger partial charge in [-0.1, -0.05) is 13.8 Å². The maximum Gasteiger partial charge on any atom is 0.307 e. The van der Waals surface area contributed by atoms with E-state index in [4.69, 9.17) is 5.11 Å². The van der Waals surface area contributed by atoms with Gasteiger partial charge < -0.3 is 10.0 Å². The third kappa shape index (κ3) is 5.04. The highest BCUT2D eigenvalue weighted by Gasteiger charge is 2.26. The van der Waals surface area contributed by atoms with Crippen LogP contribution in [0.15, 0.2) is 0 Å². The van der Waals surface area contributed by atoms with Crippen LogP contribution in [0.5, 0.6) is 0 Å². The Kier molecular flexibility index (Phi) is 4.94. The molecule has 0 spiro atoms. The van der Waals surface area contributed by atoms with Gasteiger partial charge in [0.15, 0.2) is 9.84 Å². The van der Waals surface area contributed by atoms with Crippen LogP contribution < -0.4 is 0 Å². The van der Waals surface area contributed by atoms with Gasteiger partial charge in [0.1, 0.15) is 0 Å². The molecule has 0 aliphatic carbocycles. The zero-order valence-electron chi connectivity index (χ0n) is 10.4. The molecule has 1 fully saturated rings. The van der Waals surface area contributed by atoms with E-state index in [1.807, 2.05) is 18.7 Å². The van der Waals surface area contributed by atoms with Gasteiger partial charge in [-0.25, -0.2) is 8.42 Å². The molecular formula is C11H21NO4S. The van der Waals surface area contributed by atoms with E-state index < -0.39 is 21.7 Å². The molecule has 1 aliphatic rings. The van der Waals surface area contributed by atoms with Crippen LogP contribution >= 0.6 is 0 Å². The Morgan fingerprint density at radius 3 is 2.24 bits per heavy atom. The van der Waals surface area contributed by atoms with Crippen molar-refractivity contribution in [3.8, 4) is 0 Å². The van der Waals surface area contributed by atoms with Gasteiger partial charge in [0.25, 0.3) is 0 Å². The van der Waals surface area contributed by atoms with Crippen LogP contribution in [0.3, 0.4) is 0 Å². The Bertz CT molecular complexity index is 350. The van der Waals surface area contributed by atoms with E-state index in [-0.39, 0.29) is 11.5 Å². The summed E-state index contributed by atoms with van der Waals surface area (Å²) < 4.78 is 22.5. The van der Waals surface area contributed by atoms with Gasteiger partial charge >= 0.3 is 5.97 Å². The summed E-state index contributed by atoms with van der Waals surface area (Å²) in [6, 6.07) is 0. The normalized spacial score (nSPS) is 22.5. The number of carboxylic acid groups (broad SMARTS) is 1. The van der Waals surface area contributed by atoms with E-state index in [0.717, 1.165) is 0 Å². The minimum absolute atomic E-state index is 0.154. The van der Waals surface area contributed by atoms with E-state index in [9.17, 15) is 13.2 Å². The first-order chi connectivity index (χ1) is 7.80. The molecular weight excluding hydrogens is 242 g/mol. The zero-order valence-corrected chi connectivity index (χ0v) is 11.2. The standard InChI is InChI=1S/C11H21NO4S/c1-9(2)7-10(11(13)14)8-12-3-5-17(15,16)6-4-12/h9-10H,3-8H2,1-2H3,(H,13,14). The van der Waals surface area contributed by atoms with Crippen molar-refractivity contribution >= 4 is 15.8 Å². The number of sulfone groups is 1. The molecule has 1 heterocycles. The smallest absolute Gasteiger partial charge is 0.307 e. The molecule has 0 aromatic carbocycles. The van der Waals surface area contributed by atoms with Crippen molar-refractivity contribution in [2.75, 3.05) is 31.1 Å². The summed E-state index contributed by atoms with van der Waals surface area (Å²) in [7, 11) is -2.88. The lowest BCUT2D eigenvalue weighted by Gasteiger charge is -2.29. The van der Waals surface area contributed by atoms with Crippen LogP contribution in [0.25, 0.3) is 0 Å². The van der Waals surface area contributed by atoms with Gasteiger partial charge in [0.05, 0.1) is 17.4 Å². The molecule has 100 valence electrons. The third-order valence-electron chi connectivity index (χ3n) is 3.02. The molecule has 1 atom stereocenters. The molecule has 1 N–H and O–H groups in total. The highest BCUT2D eigenvalue weighted by Crippen LogP contribution is 2.15. The predicted molar refractivity (Wildman–Crippen MR) is 65.7 cm³/mol. The summed E-state index contributed by atoms with van der Waals surface area (Å²) in [5, 5.41) is 9.11. The number of carbonyl (C=O) groups is 1. The fraction of sp³-hybridized carbons (Fsp3) is 0.909. The maximum absolute atomic E-state index is 11.3. The van der Waals surface area contributed by atoms with Gasteiger partial charge in [-0.15, -0.1) is 0 Å². The average Bonchev–Trinajstić information content (AvgIpc) is 2.19. The second kappa shape index (κ2) is 5.82. The fourth-order valence-electron chi connectivity index (χ4n) is 2.07. The molecule has 0 aromatic rings. The van der Waals surface area contributed by atoms with Crippen LogP contribution in [-0.4, -0.2) is 55.5 Å². The Morgan fingerprint density at radius 1 is 1.29 bits per heavy atom. The summed E-state index contributed by atoms with van der Waals surface area (Å²) in [6.45, 7) is 5.38. The van der Waals surface area contributed by atoms with Crippen LogP contribution in [0.1, 0.15) is 20.3 Å². The number of nitrogens with zero attached hydrogens (tertiary/aromatic N) is 1. The SMILES string of the molecule is CC(C)CC(CN1CCS(=O)(=O)CC1)C(=O)O. The van der Waals surface area contributed by atoms with E-state index in [0.29, 0.717) is 32.0 Å². The lowest BCUT2D eigenvalue weighted by molar-refractivity contribution is -0.143. The Hall–Kier alpha value is -0.620. The molecule has 0 amide bonds. The minimum atomic E-state index is -2.88.